The molecular weight excluding hydrogens is 340 g/mol. The molecule has 1 aliphatic rings. The van der Waals surface area contributed by atoms with Crippen molar-refractivity contribution in [3.8, 4) is 6.07 Å². The van der Waals surface area contributed by atoms with Crippen molar-refractivity contribution in [3.63, 3.8) is 0 Å². The molecule has 7 nitrogen and oxygen atoms in total. The SMILES string of the molecule is CN(C)CCn1ccnc1[C@H]1CCCN(C(=O)Nc2cccc(C#N)c2)C1. The second-order valence-electron chi connectivity index (χ2n) is 7.19. The average Bonchev–Trinajstić information content (AvgIpc) is 3.15. The van der Waals surface area contributed by atoms with Crippen LogP contribution in [0.25, 0.3) is 0 Å². The van der Waals surface area contributed by atoms with E-state index in [4.69, 9.17) is 5.26 Å². The fourth-order valence-corrected chi connectivity index (χ4v) is 3.42. The number of nitriles is 1. The van der Waals surface area contributed by atoms with Gasteiger partial charge in [0.2, 0.25) is 0 Å². The molecule has 1 aliphatic heterocycles. The Balaban J connectivity index is 1.65. The van der Waals surface area contributed by atoms with Gasteiger partial charge in [0, 0.05) is 50.2 Å². The number of imidazole rings is 1. The number of likely N-dealkylation sites (N-methyl/N-ethyl adjacent to an activating group) is 1. The number of carbonyl (C=O) groups is 1. The van der Waals surface area contributed by atoms with Crippen LogP contribution < -0.4 is 5.32 Å². The molecular formula is C20H26N6O. The Labute approximate surface area is 160 Å². The van der Waals surface area contributed by atoms with Crippen molar-refractivity contribution >= 4 is 11.7 Å². The van der Waals surface area contributed by atoms with Crippen molar-refractivity contribution in [1.29, 1.82) is 5.26 Å². The van der Waals surface area contributed by atoms with E-state index in [1.807, 2.05) is 17.3 Å². The lowest BCUT2D eigenvalue weighted by Gasteiger charge is -2.32. The van der Waals surface area contributed by atoms with E-state index >= 15 is 0 Å². The summed E-state index contributed by atoms with van der Waals surface area (Å²) in [5.41, 5.74) is 1.18. The number of hydrogen-bond acceptors (Lipinski definition) is 4. The van der Waals surface area contributed by atoms with Gasteiger partial charge < -0.3 is 19.7 Å². The normalized spacial score (nSPS) is 17.0. The van der Waals surface area contributed by atoms with Gasteiger partial charge in [0.1, 0.15) is 5.82 Å². The summed E-state index contributed by atoms with van der Waals surface area (Å²) in [7, 11) is 4.12. The first-order chi connectivity index (χ1) is 13.1. The van der Waals surface area contributed by atoms with Gasteiger partial charge in [-0.3, -0.25) is 0 Å². The van der Waals surface area contributed by atoms with E-state index in [1.165, 1.54) is 0 Å². The third-order valence-electron chi connectivity index (χ3n) is 4.85. The summed E-state index contributed by atoms with van der Waals surface area (Å²) in [5, 5.41) is 11.9. The fraction of sp³-hybridized carbons (Fsp3) is 0.450. The standard InChI is InChI=1S/C20H26N6O/c1-24(2)11-12-25-10-8-22-19(25)17-6-4-9-26(15-17)20(27)23-18-7-3-5-16(13-18)14-21/h3,5,7-8,10,13,17H,4,6,9,11-12,15H2,1-2H3,(H,23,27)/t17-/m0/s1. The summed E-state index contributed by atoms with van der Waals surface area (Å²) in [6, 6.07) is 8.95. The zero-order valence-electron chi connectivity index (χ0n) is 15.9. The molecule has 27 heavy (non-hydrogen) atoms. The van der Waals surface area contributed by atoms with E-state index in [1.54, 1.807) is 24.3 Å². The van der Waals surface area contributed by atoms with Crippen LogP contribution in [0.1, 0.15) is 30.1 Å². The number of amides is 2. The molecule has 1 N–H and O–H groups in total. The predicted molar refractivity (Wildman–Crippen MR) is 105 cm³/mol. The van der Waals surface area contributed by atoms with Gasteiger partial charge in [-0.2, -0.15) is 5.26 Å². The Bertz CT molecular complexity index is 822. The second kappa shape index (κ2) is 8.69. The molecule has 1 atom stereocenters. The molecule has 2 heterocycles. The van der Waals surface area contributed by atoms with Gasteiger partial charge in [-0.25, -0.2) is 9.78 Å². The highest BCUT2D eigenvalue weighted by Crippen LogP contribution is 2.26. The van der Waals surface area contributed by atoms with Gasteiger partial charge in [-0.05, 0) is 45.1 Å². The van der Waals surface area contributed by atoms with Gasteiger partial charge >= 0.3 is 6.03 Å². The van der Waals surface area contributed by atoms with E-state index in [2.05, 4.69) is 39.9 Å². The van der Waals surface area contributed by atoms with Gasteiger partial charge in [-0.1, -0.05) is 6.07 Å². The van der Waals surface area contributed by atoms with Crippen molar-refractivity contribution in [1.82, 2.24) is 19.4 Å². The third-order valence-corrected chi connectivity index (χ3v) is 4.85. The van der Waals surface area contributed by atoms with Crippen LogP contribution in [0.15, 0.2) is 36.7 Å². The number of benzene rings is 1. The number of urea groups is 1. The monoisotopic (exact) mass is 366 g/mol. The van der Waals surface area contributed by atoms with Crippen LogP contribution in [-0.2, 0) is 6.54 Å². The van der Waals surface area contributed by atoms with Crippen molar-refractivity contribution in [3.05, 3.63) is 48.0 Å². The zero-order valence-corrected chi connectivity index (χ0v) is 15.9. The summed E-state index contributed by atoms with van der Waals surface area (Å²) >= 11 is 0. The molecule has 7 heteroatoms. The number of piperidine rings is 1. The van der Waals surface area contributed by atoms with Gasteiger partial charge in [-0.15, -0.1) is 0 Å². The molecule has 0 aliphatic carbocycles. The number of carbonyl (C=O) groups excluding carboxylic acids is 1. The molecule has 1 aromatic carbocycles. The minimum Gasteiger partial charge on any atom is -0.333 e. The minimum absolute atomic E-state index is 0.124. The maximum Gasteiger partial charge on any atom is 0.321 e. The number of nitrogens with one attached hydrogen (secondary N) is 1. The summed E-state index contributed by atoms with van der Waals surface area (Å²) < 4.78 is 2.20. The van der Waals surface area contributed by atoms with Gasteiger partial charge in [0.05, 0.1) is 11.6 Å². The lowest BCUT2D eigenvalue weighted by Crippen LogP contribution is -2.42. The highest BCUT2D eigenvalue weighted by Gasteiger charge is 2.27. The lowest BCUT2D eigenvalue weighted by molar-refractivity contribution is 0.190. The highest BCUT2D eigenvalue weighted by atomic mass is 16.2. The Morgan fingerprint density at radius 1 is 1.44 bits per heavy atom. The topological polar surface area (TPSA) is 77.2 Å². The number of nitrogens with zero attached hydrogens (tertiary/aromatic N) is 5. The molecule has 3 rings (SSSR count). The number of hydrogen-bond donors (Lipinski definition) is 1. The molecule has 2 amide bonds. The average molecular weight is 366 g/mol. The summed E-state index contributed by atoms with van der Waals surface area (Å²) in [6.45, 7) is 3.24. The lowest BCUT2D eigenvalue weighted by atomic mass is 9.97. The Kier molecular flexibility index (Phi) is 6.09. The van der Waals surface area contributed by atoms with E-state index in [-0.39, 0.29) is 11.9 Å². The van der Waals surface area contributed by atoms with Crippen molar-refractivity contribution < 1.29 is 4.79 Å². The maximum atomic E-state index is 12.7. The van der Waals surface area contributed by atoms with Crippen LogP contribution in [-0.4, -0.2) is 59.1 Å². The van der Waals surface area contributed by atoms with Crippen LogP contribution in [0.4, 0.5) is 10.5 Å². The van der Waals surface area contributed by atoms with E-state index in [0.717, 1.165) is 38.3 Å². The fourth-order valence-electron chi connectivity index (χ4n) is 3.42. The third kappa shape index (κ3) is 4.86. The summed E-state index contributed by atoms with van der Waals surface area (Å²) in [4.78, 5) is 21.2. The van der Waals surface area contributed by atoms with Crippen molar-refractivity contribution in [2.24, 2.45) is 0 Å². The quantitative estimate of drug-likeness (QED) is 0.883. The van der Waals surface area contributed by atoms with Crippen LogP contribution in [0, 0.1) is 11.3 Å². The Hall–Kier alpha value is -2.85. The molecule has 1 saturated heterocycles. The van der Waals surface area contributed by atoms with E-state index in [9.17, 15) is 4.79 Å². The minimum atomic E-state index is -0.124. The van der Waals surface area contributed by atoms with Crippen LogP contribution in [0.5, 0.6) is 0 Å². The van der Waals surface area contributed by atoms with Gasteiger partial charge in [0.25, 0.3) is 0 Å². The molecule has 1 fully saturated rings. The first-order valence-corrected chi connectivity index (χ1v) is 9.28. The molecule has 1 aromatic heterocycles. The smallest absolute Gasteiger partial charge is 0.321 e. The first-order valence-electron chi connectivity index (χ1n) is 9.28. The molecule has 0 unspecified atom stereocenters. The number of aromatic nitrogens is 2. The second-order valence-corrected chi connectivity index (χ2v) is 7.19. The van der Waals surface area contributed by atoms with Crippen LogP contribution in [0.3, 0.4) is 0 Å². The van der Waals surface area contributed by atoms with E-state index in [0.29, 0.717) is 17.8 Å². The first kappa shape index (κ1) is 18.9. The largest absolute Gasteiger partial charge is 0.333 e. The summed E-state index contributed by atoms with van der Waals surface area (Å²) in [6.07, 6.45) is 5.85. The molecule has 2 aromatic rings. The highest BCUT2D eigenvalue weighted by molar-refractivity contribution is 5.89. The predicted octanol–water partition coefficient (Wildman–Crippen LogP) is 2.73. The Morgan fingerprint density at radius 3 is 3.07 bits per heavy atom. The van der Waals surface area contributed by atoms with Crippen LogP contribution >= 0.6 is 0 Å². The maximum absolute atomic E-state index is 12.7. The molecule has 0 spiro atoms. The molecule has 0 saturated carbocycles. The van der Waals surface area contributed by atoms with E-state index < -0.39 is 0 Å². The van der Waals surface area contributed by atoms with Crippen LogP contribution in [0.2, 0.25) is 0 Å². The molecule has 0 bridgehead atoms. The molecule has 0 radical (unpaired) electrons. The number of anilines is 1. The number of rotatable bonds is 5. The zero-order chi connectivity index (χ0) is 19.2. The number of likely N-dealkylation sites (tertiary alicyclic amines) is 1. The van der Waals surface area contributed by atoms with Crippen molar-refractivity contribution in [2.75, 3.05) is 39.0 Å². The Morgan fingerprint density at radius 2 is 2.30 bits per heavy atom. The van der Waals surface area contributed by atoms with Crippen molar-refractivity contribution in [2.45, 2.75) is 25.3 Å². The summed E-state index contributed by atoms with van der Waals surface area (Å²) in [5.74, 6) is 1.30. The molecule has 142 valence electrons. The van der Waals surface area contributed by atoms with Gasteiger partial charge in [0.15, 0.2) is 0 Å².